The fourth-order valence-corrected chi connectivity index (χ4v) is 4.14. The van der Waals surface area contributed by atoms with E-state index in [9.17, 15) is 24.3 Å². The molecule has 0 aliphatic carbocycles. The average Bonchev–Trinajstić information content (AvgIpc) is 2.74. The van der Waals surface area contributed by atoms with Crippen molar-refractivity contribution in [2.24, 2.45) is 11.7 Å². The van der Waals surface area contributed by atoms with Crippen molar-refractivity contribution in [3.63, 3.8) is 0 Å². The Morgan fingerprint density at radius 3 is 1.69 bits per heavy atom. The molecule has 0 radical (unpaired) electrons. The summed E-state index contributed by atoms with van der Waals surface area (Å²) in [7, 11) is 0. The van der Waals surface area contributed by atoms with Gasteiger partial charge in [0, 0.05) is 0 Å². The molecule has 0 aliphatic heterocycles. The molecule has 0 aromatic heterocycles. The molecular formula is C20H38N4O5S3. The standard InChI is InChI=1S/C20H38N4O5S3/c1-12(2)16(24-17(25)13(21)6-9-30-3)19(27)22-14(7-10-31-4)18(26)23-15(20(28)29)8-11-32-5/h12-16H,6-11,21H2,1-5H3,(H,22,27)(H,23,26)(H,24,25)(H,28,29). The summed E-state index contributed by atoms with van der Waals surface area (Å²) in [5, 5.41) is 17.3. The molecule has 0 spiro atoms. The number of amides is 3. The molecule has 0 aromatic rings. The van der Waals surface area contributed by atoms with Crippen molar-refractivity contribution >= 4 is 59.0 Å². The first-order valence-electron chi connectivity index (χ1n) is 10.4. The van der Waals surface area contributed by atoms with Crippen LogP contribution in [-0.4, -0.2) is 89.0 Å². The van der Waals surface area contributed by atoms with Gasteiger partial charge in [-0.1, -0.05) is 13.8 Å². The van der Waals surface area contributed by atoms with Crippen LogP contribution >= 0.6 is 35.3 Å². The van der Waals surface area contributed by atoms with Crippen LogP contribution in [0.3, 0.4) is 0 Å². The first-order valence-corrected chi connectivity index (χ1v) is 14.6. The van der Waals surface area contributed by atoms with E-state index >= 15 is 0 Å². The average molecular weight is 511 g/mol. The third-order valence-corrected chi connectivity index (χ3v) is 6.62. The highest BCUT2D eigenvalue weighted by Gasteiger charge is 2.31. The van der Waals surface area contributed by atoms with Crippen LogP contribution in [0, 0.1) is 5.92 Å². The highest BCUT2D eigenvalue weighted by Crippen LogP contribution is 2.08. The summed E-state index contributed by atoms with van der Waals surface area (Å²) in [6, 6.07) is -3.52. The van der Waals surface area contributed by atoms with E-state index in [2.05, 4.69) is 16.0 Å². The van der Waals surface area contributed by atoms with Crippen LogP contribution in [-0.2, 0) is 19.2 Å². The minimum atomic E-state index is -1.12. The number of carbonyl (C=O) groups excluding carboxylic acids is 3. The van der Waals surface area contributed by atoms with Crippen LogP contribution in [0.5, 0.6) is 0 Å². The van der Waals surface area contributed by atoms with Gasteiger partial charge in [0.15, 0.2) is 0 Å². The Morgan fingerprint density at radius 2 is 1.22 bits per heavy atom. The minimum absolute atomic E-state index is 0.232. The number of thioether (sulfide) groups is 3. The van der Waals surface area contributed by atoms with Gasteiger partial charge in [-0.15, -0.1) is 0 Å². The first kappa shape index (κ1) is 30.9. The number of nitrogens with two attached hydrogens (primary N) is 1. The summed E-state index contributed by atoms with van der Waals surface area (Å²) in [6.45, 7) is 3.58. The number of carboxylic acids is 1. The van der Waals surface area contributed by atoms with E-state index in [1.54, 1.807) is 25.6 Å². The van der Waals surface area contributed by atoms with Crippen molar-refractivity contribution in [3.8, 4) is 0 Å². The normalized spacial score (nSPS) is 14.8. The van der Waals surface area contributed by atoms with Crippen molar-refractivity contribution in [1.82, 2.24) is 16.0 Å². The molecule has 0 fully saturated rings. The van der Waals surface area contributed by atoms with E-state index in [0.717, 1.165) is 5.75 Å². The summed E-state index contributed by atoms with van der Waals surface area (Å²) in [4.78, 5) is 49.6. The van der Waals surface area contributed by atoms with Gasteiger partial charge >= 0.3 is 5.97 Å². The van der Waals surface area contributed by atoms with Gasteiger partial charge in [-0.3, -0.25) is 14.4 Å². The monoisotopic (exact) mass is 510 g/mol. The molecule has 186 valence electrons. The van der Waals surface area contributed by atoms with E-state index < -0.39 is 47.9 Å². The maximum absolute atomic E-state index is 12.9. The Kier molecular flexibility index (Phi) is 16.8. The van der Waals surface area contributed by atoms with E-state index in [1.165, 1.54) is 23.5 Å². The zero-order chi connectivity index (χ0) is 24.7. The van der Waals surface area contributed by atoms with Crippen molar-refractivity contribution in [2.75, 3.05) is 36.0 Å². The Bertz CT molecular complexity index is 610. The molecule has 0 aromatic carbocycles. The van der Waals surface area contributed by atoms with Crippen LogP contribution in [0.15, 0.2) is 0 Å². The Hall–Kier alpha value is -1.11. The maximum Gasteiger partial charge on any atom is 0.326 e. The van der Waals surface area contributed by atoms with E-state index in [1.807, 2.05) is 18.8 Å². The molecular weight excluding hydrogens is 472 g/mol. The SMILES string of the molecule is CSCCC(N)C(=O)NC(C(=O)NC(CCSC)C(=O)NC(CCSC)C(=O)O)C(C)C. The summed E-state index contributed by atoms with van der Waals surface area (Å²) in [5.74, 6) is -0.907. The Balaban J connectivity index is 5.29. The number of hydrogen-bond acceptors (Lipinski definition) is 8. The summed E-state index contributed by atoms with van der Waals surface area (Å²) in [5.41, 5.74) is 5.91. The lowest BCUT2D eigenvalue weighted by Gasteiger charge is -2.27. The van der Waals surface area contributed by atoms with Crippen LogP contribution in [0.25, 0.3) is 0 Å². The Morgan fingerprint density at radius 1 is 0.750 bits per heavy atom. The third kappa shape index (κ3) is 12.2. The molecule has 0 saturated carbocycles. The molecule has 12 heteroatoms. The molecule has 0 aliphatic rings. The third-order valence-electron chi connectivity index (χ3n) is 4.69. The van der Waals surface area contributed by atoms with Crippen molar-refractivity contribution in [1.29, 1.82) is 0 Å². The minimum Gasteiger partial charge on any atom is -0.480 e. The molecule has 32 heavy (non-hydrogen) atoms. The van der Waals surface area contributed by atoms with Crippen LogP contribution in [0.2, 0.25) is 0 Å². The number of hydrogen-bond donors (Lipinski definition) is 5. The first-order chi connectivity index (χ1) is 15.1. The molecule has 0 bridgehead atoms. The lowest BCUT2D eigenvalue weighted by atomic mass is 10.0. The van der Waals surface area contributed by atoms with Gasteiger partial charge in [-0.25, -0.2) is 4.79 Å². The quantitative estimate of drug-likeness (QED) is 0.191. The van der Waals surface area contributed by atoms with Crippen molar-refractivity contribution in [2.45, 2.75) is 57.3 Å². The summed E-state index contributed by atoms with van der Waals surface area (Å²) in [6.07, 6.45) is 6.76. The summed E-state index contributed by atoms with van der Waals surface area (Å²) >= 11 is 4.58. The second-order valence-electron chi connectivity index (χ2n) is 7.64. The molecule has 4 atom stereocenters. The number of rotatable bonds is 17. The number of aliphatic carboxylic acids is 1. The molecule has 4 unspecified atom stereocenters. The van der Waals surface area contributed by atoms with Gasteiger partial charge in [0.05, 0.1) is 6.04 Å². The summed E-state index contributed by atoms with van der Waals surface area (Å²) < 4.78 is 0. The number of nitrogens with one attached hydrogen (secondary N) is 3. The second-order valence-corrected chi connectivity index (χ2v) is 10.6. The smallest absolute Gasteiger partial charge is 0.326 e. The van der Waals surface area contributed by atoms with Gasteiger partial charge in [0.1, 0.15) is 18.1 Å². The molecule has 9 nitrogen and oxygen atoms in total. The highest BCUT2D eigenvalue weighted by molar-refractivity contribution is 7.98. The van der Waals surface area contributed by atoms with Gasteiger partial charge in [0.25, 0.3) is 0 Å². The van der Waals surface area contributed by atoms with Crippen molar-refractivity contribution in [3.05, 3.63) is 0 Å². The predicted octanol–water partition coefficient (Wildman–Crippen LogP) is 0.768. The largest absolute Gasteiger partial charge is 0.480 e. The van der Waals surface area contributed by atoms with E-state index in [4.69, 9.17) is 5.73 Å². The van der Waals surface area contributed by atoms with Crippen LogP contribution < -0.4 is 21.7 Å². The number of carbonyl (C=O) groups is 4. The zero-order valence-corrected chi connectivity index (χ0v) is 22.0. The highest BCUT2D eigenvalue weighted by atomic mass is 32.2. The van der Waals surface area contributed by atoms with Gasteiger partial charge in [-0.2, -0.15) is 35.3 Å². The molecule has 3 amide bonds. The van der Waals surface area contributed by atoms with Crippen molar-refractivity contribution < 1.29 is 24.3 Å². The van der Waals surface area contributed by atoms with Gasteiger partial charge < -0.3 is 26.8 Å². The van der Waals surface area contributed by atoms with Crippen LogP contribution in [0.1, 0.15) is 33.1 Å². The fraction of sp³-hybridized carbons (Fsp3) is 0.800. The van der Waals surface area contributed by atoms with Gasteiger partial charge in [0.2, 0.25) is 17.7 Å². The Labute approximate surface area is 203 Å². The van der Waals surface area contributed by atoms with E-state index in [-0.39, 0.29) is 12.3 Å². The molecule has 6 N–H and O–H groups in total. The predicted molar refractivity (Wildman–Crippen MR) is 135 cm³/mol. The number of carboxylic acid groups (broad SMARTS) is 1. The van der Waals surface area contributed by atoms with Gasteiger partial charge in [-0.05, 0) is 61.2 Å². The van der Waals surface area contributed by atoms with E-state index in [0.29, 0.717) is 24.3 Å². The molecule has 0 saturated heterocycles. The second kappa shape index (κ2) is 17.4. The molecule has 0 rings (SSSR count). The fourth-order valence-electron chi connectivity index (χ4n) is 2.70. The lowest BCUT2D eigenvalue weighted by molar-refractivity contribution is -0.142. The maximum atomic E-state index is 12.9. The molecule has 0 heterocycles. The lowest BCUT2D eigenvalue weighted by Crippen LogP contribution is -2.58. The topological polar surface area (TPSA) is 151 Å². The van der Waals surface area contributed by atoms with Crippen LogP contribution in [0.4, 0.5) is 0 Å². The zero-order valence-electron chi connectivity index (χ0n) is 19.5.